The fourth-order valence-corrected chi connectivity index (χ4v) is 3.13. The number of allylic oxidation sites excluding steroid dienone is 5. The highest BCUT2D eigenvalue weighted by Crippen LogP contribution is 2.13. The number of carbonyl (C=O) groups excluding carboxylic acids is 1. The summed E-state index contributed by atoms with van der Waals surface area (Å²) in [6.45, 7) is 10.3. The van der Waals surface area contributed by atoms with Crippen LogP contribution in [0.25, 0.3) is 0 Å². The molecule has 0 saturated heterocycles. The van der Waals surface area contributed by atoms with Gasteiger partial charge in [0.15, 0.2) is 6.19 Å². The van der Waals surface area contributed by atoms with E-state index in [0.717, 1.165) is 37.7 Å². The number of aliphatic imine (C=N–C) groups is 1. The topological polar surface area (TPSA) is 65.2 Å². The minimum atomic E-state index is -0.402. The van der Waals surface area contributed by atoms with E-state index in [-0.39, 0.29) is 0 Å². The van der Waals surface area contributed by atoms with Crippen LogP contribution in [0.3, 0.4) is 0 Å². The maximum Gasteiger partial charge on any atom is 0.182 e. The van der Waals surface area contributed by atoms with E-state index in [1.807, 2.05) is 0 Å². The van der Waals surface area contributed by atoms with Crippen molar-refractivity contribution >= 4 is 23.9 Å². The van der Waals surface area contributed by atoms with E-state index in [2.05, 4.69) is 56.2 Å². The smallest absolute Gasteiger partial charge is 0.182 e. The zero-order valence-corrected chi connectivity index (χ0v) is 17.7. The van der Waals surface area contributed by atoms with Crippen molar-refractivity contribution in [2.45, 2.75) is 66.3 Å². The van der Waals surface area contributed by atoms with Crippen LogP contribution in [0.2, 0.25) is 0 Å². The van der Waals surface area contributed by atoms with Gasteiger partial charge in [-0.25, -0.2) is 0 Å². The molecule has 26 heavy (non-hydrogen) atoms. The van der Waals surface area contributed by atoms with E-state index in [1.165, 1.54) is 16.7 Å². The first kappa shape index (κ1) is 24.2. The highest BCUT2D eigenvalue weighted by Gasteiger charge is 2.05. The number of carbonyl (C=O) groups is 1. The van der Waals surface area contributed by atoms with Crippen LogP contribution in [0.5, 0.6) is 0 Å². The predicted octanol–water partition coefficient (Wildman–Crippen LogP) is 5.20. The van der Waals surface area contributed by atoms with Gasteiger partial charge in [0, 0.05) is 11.5 Å². The van der Waals surface area contributed by atoms with Crippen molar-refractivity contribution in [1.82, 2.24) is 5.32 Å². The van der Waals surface area contributed by atoms with E-state index in [4.69, 9.17) is 5.26 Å². The molecule has 0 rings (SSSR count). The number of thioether (sulfide) groups is 1. The van der Waals surface area contributed by atoms with E-state index in [0.29, 0.717) is 11.6 Å². The van der Waals surface area contributed by atoms with Crippen molar-refractivity contribution in [2.24, 2.45) is 4.99 Å². The minimum Gasteiger partial charge on any atom is -0.301 e. The third-order valence-corrected chi connectivity index (χ3v) is 4.69. The summed E-state index contributed by atoms with van der Waals surface area (Å²) in [6, 6.07) is -0.402. The summed E-state index contributed by atoms with van der Waals surface area (Å²) in [6.07, 6.45) is 13.9. The third kappa shape index (κ3) is 14.5. The molecule has 0 aliphatic rings. The summed E-state index contributed by atoms with van der Waals surface area (Å²) in [7, 11) is 0. The fraction of sp³-hybridized carbons (Fsp3) is 0.571. The molecule has 0 aromatic carbocycles. The molecule has 0 aromatic heterocycles. The average molecular weight is 376 g/mol. The second-order valence-corrected chi connectivity index (χ2v) is 7.73. The minimum absolute atomic E-state index is 0.402. The molecule has 4 nitrogen and oxygen atoms in total. The van der Waals surface area contributed by atoms with Crippen molar-refractivity contribution in [2.75, 3.05) is 11.5 Å². The molecule has 1 atom stereocenters. The molecule has 0 aliphatic carbocycles. The van der Waals surface area contributed by atoms with Crippen LogP contribution in [0.4, 0.5) is 0 Å². The Bertz CT molecular complexity index is 579. The quantitative estimate of drug-likeness (QED) is 0.0969. The van der Waals surface area contributed by atoms with Crippen LogP contribution in [0.15, 0.2) is 39.9 Å². The van der Waals surface area contributed by atoms with Crippen LogP contribution in [-0.4, -0.2) is 29.7 Å². The monoisotopic (exact) mass is 375 g/mol. The van der Waals surface area contributed by atoms with Crippen LogP contribution in [0.1, 0.15) is 60.3 Å². The lowest BCUT2D eigenvalue weighted by Gasteiger charge is -2.06. The molecule has 1 N–H and O–H groups in total. The summed E-state index contributed by atoms with van der Waals surface area (Å²) in [4.78, 5) is 15.2. The van der Waals surface area contributed by atoms with Gasteiger partial charge >= 0.3 is 0 Å². The summed E-state index contributed by atoms with van der Waals surface area (Å²) in [5, 5.41) is 11.0. The van der Waals surface area contributed by atoms with Crippen LogP contribution in [0, 0.1) is 11.5 Å². The molecule has 0 amide bonds. The van der Waals surface area contributed by atoms with Crippen molar-refractivity contribution in [3.8, 4) is 6.19 Å². The summed E-state index contributed by atoms with van der Waals surface area (Å²) in [5.74, 6) is 1.98. The molecule has 144 valence electrons. The Hall–Kier alpha value is -1.80. The maximum absolute atomic E-state index is 11.0. The Morgan fingerprint density at radius 3 is 2.27 bits per heavy atom. The van der Waals surface area contributed by atoms with Gasteiger partial charge in [0.25, 0.3) is 0 Å². The van der Waals surface area contributed by atoms with Gasteiger partial charge in [0.05, 0.1) is 0 Å². The molecule has 0 fully saturated rings. The van der Waals surface area contributed by atoms with Gasteiger partial charge in [-0.05, 0) is 60.3 Å². The van der Waals surface area contributed by atoms with Gasteiger partial charge in [0.2, 0.25) is 0 Å². The number of hydrogen-bond acceptors (Lipinski definition) is 4. The number of nitriles is 1. The van der Waals surface area contributed by atoms with E-state index in [9.17, 15) is 4.79 Å². The number of amidine groups is 1. The second-order valence-electron chi connectivity index (χ2n) is 6.65. The predicted molar refractivity (Wildman–Crippen MR) is 114 cm³/mol. The lowest BCUT2D eigenvalue weighted by molar-refractivity contribution is -0.108. The van der Waals surface area contributed by atoms with Crippen molar-refractivity contribution in [3.63, 3.8) is 0 Å². The number of aldehydes is 1. The van der Waals surface area contributed by atoms with Gasteiger partial charge in [-0.15, -0.1) is 0 Å². The normalized spacial score (nSPS) is 13.8. The number of rotatable bonds is 12. The van der Waals surface area contributed by atoms with E-state index in [1.54, 1.807) is 24.9 Å². The second kappa shape index (κ2) is 15.5. The summed E-state index contributed by atoms with van der Waals surface area (Å²) in [5.41, 5.74) is 4.21. The highest BCUT2D eigenvalue weighted by atomic mass is 32.2. The van der Waals surface area contributed by atoms with Gasteiger partial charge in [-0.1, -0.05) is 34.9 Å². The average Bonchev–Trinajstić information content (AvgIpc) is 2.57. The standard InChI is InChI=1S/C21H33N3OS/c1-17(2)8-6-9-18(3)10-7-11-19(4)12-13-26-15-21(14-25)24-20(5)23-16-22/h8,10,12,14,21H,6-7,9,11,13,15H2,1-5H3,(H,23,24)/b18-10+,19-12+. The van der Waals surface area contributed by atoms with Crippen LogP contribution in [-0.2, 0) is 4.79 Å². The Balaban J connectivity index is 4.11. The van der Waals surface area contributed by atoms with E-state index < -0.39 is 6.04 Å². The molecule has 0 spiro atoms. The molecule has 0 aromatic rings. The van der Waals surface area contributed by atoms with Crippen molar-refractivity contribution in [3.05, 3.63) is 34.9 Å². The first-order chi connectivity index (χ1) is 12.4. The first-order valence-corrected chi connectivity index (χ1v) is 10.2. The molecule has 0 aliphatic heterocycles. The zero-order valence-electron chi connectivity index (χ0n) is 16.8. The molecule has 0 bridgehead atoms. The van der Waals surface area contributed by atoms with Gasteiger partial charge in [-0.3, -0.25) is 10.3 Å². The lowest BCUT2D eigenvalue weighted by atomic mass is 10.1. The Morgan fingerprint density at radius 1 is 1.08 bits per heavy atom. The fourth-order valence-electron chi connectivity index (χ4n) is 2.20. The summed E-state index contributed by atoms with van der Waals surface area (Å²) >= 11 is 1.68. The zero-order chi connectivity index (χ0) is 19.8. The maximum atomic E-state index is 11.0. The van der Waals surface area contributed by atoms with E-state index >= 15 is 0 Å². The Labute approximate surface area is 163 Å². The SMILES string of the molecule is CC(C)=CCC/C(C)=C/CC/C(C)=C/CSCC(C=O)N=C(C)NC#N. The molecular formula is C21H33N3OS. The number of nitrogens with zero attached hydrogens (tertiary/aromatic N) is 2. The highest BCUT2D eigenvalue weighted by molar-refractivity contribution is 7.99. The number of nitrogens with one attached hydrogen (secondary N) is 1. The van der Waals surface area contributed by atoms with Crippen molar-refractivity contribution in [1.29, 1.82) is 5.26 Å². The molecule has 0 radical (unpaired) electrons. The third-order valence-electron chi connectivity index (χ3n) is 3.71. The number of hydrogen-bond donors (Lipinski definition) is 1. The Morgan fingerprint density at radius 2 is 1.69 bits per heavy atom. The summed E-state index contributed by atoms with van der Waals surface area (Å²) < 4.78 is 0. The van der Waals surface area contributed by atoms with Crippen LogP contribution < -0.4 is 5.32 Å². The largest absolute Gasteiger partial charge is 0.301 e. The van der Waals surface area contributed by atoms with Gasteiger partial charge < -0.3 is 4.79 Å². The molecule has 0 saturated carbocycles. The molecule has 1 unspecified atom stereocenters. The first-order valence-electron chi connectivity index (χ1n) is 9.06. The van der Waals surface area contributed by atoms with Gasteiger partial charge in [0.1, 0.15) is 18.2 Å². The molecular weight excluding hydrogens is 342 g/mol. The lowest BCUT2D eigenvalue weighted by Crippen LogP contribution is -2.19. The molecule has 0 heterocycles. The van der Waals surface area contributed by atoms with Crippen molar-refractivity contribution < 1.29 is 4.79 Å². The van der Waals surface area contributed by atoms with Crippen LogP contribution >= 0.6 is 11.8 Å². The molecule has 5 heteroatoms. The van der Waals surface area contributed by atoms with Gasteiger partial charge in [-0.2, -0.15) is 17.0 Å². The Kier molecular flexibility index (Phi) is 14.4.